The number of rotatable bonds is 9. The Bertz CT molecular complexity index is 1370. The molecule has 0 aliphatic heterocycles. The zero-order valence-electron chi connectivity index (χ0n) is 41.8. The molecule has 0 radical (unpaired) electrons. The van der Waals surface area contributed by atoms with E-state index in [0.29, 0.717) is 46.2 Å². The number of carbonyl (C=O) groups excluding carboxylic acids is 3. The fourth-order valence-corrected chi connectivity index (χ4v) is 12.5. The van der Waals surface area contributed by atoms with Gasteiger partial charge < -0.3 is 35.8 Å². The minimum absolute atomic E-state index is 0.0654. The van der Waals surface area contributed by atoms with Crippen molar-refractivity contribution >= 4 is 24.3 Å². The van der Waals surface area contributed by atoms with Crippen molar-refractivity contribution in [1.82, 2.24) is 10.2 Å². The van der Waals surface area contributed by atoms with E-state index in [4.69, 9.17) is 10.2 Å². The second-order valence-electron chi connectivity index (χ2n) is 19.5. The first-order chi connectivity index (χ1) is 27.5. The SMILES string of the molecule is CC.CC(C)(C=O)CC(=O)O.CCC1CCC2(C)C3CCC4C5=C(C(C)C)CCC5(/C(=C/C(C)=O)N(C)C)CC[C@@]4(C)C3(C)CCC12C.CCC=O.CN.CNC.CO. The number of aliphatic hydroxyl groups is 1. The Labute approximate surface area is 363 Å². The maximum absolute atomic E-state index is 12.5. The Balaban J connectivity index is 0. The molecule has 59 heavy (non-hydrogen) atoms. The molecule has 7 unspecified atom stereocenters. The van der Waals surface area contributed by atoms with E-state index in [1.807, 2.05) is 40.9 Å². The number of aliphatic carboxylic acids is 1. The van der Waals surface area contributed by atoms with Crippen molar-refractivity contribution in [3.05, 3.63) is 22.9 Å². The predicted octanol–water partition coefficient (Wildman–Crippen LogP) is 10.5. The van der Waals surface area contributed by atoms with Crippen molar-refractivity contribution in [1.29, 1.82) is 0 Å². The number of hydrogen-bond acceptors (Lipinski definition) is 8. The number of carboxylic acids is 1. The number of ketones is 1. The molecule has 5 aliphatic carbocycles. The lowest BCUT2D eigenvalue weighted by molar-refractivity contribution is -0.204. The fourth-order valence-electron chi connectivity index (χ4n) is 12.5. The number of nitrogens with one attached hydrogen (secondary N) is 1. The van der Waals surface area contributed by atoms with E-state index in [0.717, 1.165) is 25.2 Å². The zero-order chi connectivity index (χ0) is 46.8. The number of aldehydes is 2. The van der Waals surface area contributed by atoms with Crippen LogP contribution >= 0.6 is 0 Å². The molecule has 4 fully saturated rings. The second kappa shape index (κ2) is 25.5. The summed E-state index contributed by atoms with van der Waals surface area (Å²) in [5.41, 5.74) is 10.4. The van der Waals surface area contributed by atoms with Crippen LogP contribution in [-0.2, 0) is 19.2 Å². The molecule has 0 aromatic rings. The molecular formula is C50H95N3O6. The first-order valence-corrected chi connectivity index (χ1v) is 22.9. The van der Waals surface area contributed by atoms with Crippen LogP contribution in [0.25, 0.3) is 0 Å². The van der Waals surface area contributed by atoms with E-state index in [1.54, 1.807) is 31.9 Å². The van der Waals surface area contributed by atoms with E-state index in [9.17, 15) is 19.2 Å². The van der Waals surface area contributed by atoms with Gasteiger partial charge in [-0.15, -0.1) is 0 Å². The van der Waals surface area contributed by atoms with Crippen LogP contribution in [0.15, 0.2) is 22.9 Å². The second-order valence-corrected chi connectivity index (χ2v) is 19.5. The lowest BCUT2D eigenvalue weighted by Crippen LogP contribution is -2.64. The van der Waals surface area contributed by atoms with Gasteiger partial charge in [0.05, 0.1) is 6.42 Å². The quantitative estimate of drug-likeness (QED) is 0.101. The highest BCUT2D eigenvalue weighted by atomic mass is 16.4. The molecule has 5 aliphatic rings. The molecule has 0 amide bonds. The van der Waals surface area contributed by atoms with Crippen molar-refractivity contribution in [2.45, 2.75) is 173 Å². The highest BCUT2D eigenvalue weighted by Crippen LogP contribution is 2.79. The number of fused-ring (bicyclic) bond motifs is 7. The van der Waals surface area contributed by atoms with Gasteiger partial charge in [-0.2, -0.15) is 0 Å². The molecule has 9 nitrogen and oxygen atoms in total. The van der Waals surface area contributed by atoms with Crippen molar-refractivity contribution in [3.8, 4) is 0 Å². The summed E-state index contributed by atoms with van der Waals surface area (Å²) < 4.78 is 0. The Morgan fingerprint density at radius 1 is 0.864 bits per heavy atom. The number of allylic oxidation sites excluding steroid dienone is 3. The van der Waals surface area contributed by atoms with Crippen molar-refractivity contribution in [2.75, 3.05) is 42.3 Å². The summed E-state index contributed by atoms with van der Waals surface area (Å²) in [6.07, 6.45) is 18.9. The van der Waals surface area contributed by atoms with Crippen LogP contribution in [0.2, 0.25) is 0 Å². The van der Waals surface area contributed by atoms with Crippen LogP contribution < -0.4 is 11.1 Å². The van der Waals surface area contributed by atoms with E-state index in [1.165, 1.54) is 83.4 Å². The Morgan fingerprint density at radius 3 is 1.73 bits per heavy atom. The topological polar surface area (TPSA) is 150 Å². The first-order valence-electron chi connectivity index (χ1n) is 22.9. The monoisotopic (exact) mass is 834 g/mol. The average Bonchev–Trinajstić information content (AvgIpc) is 3.72. The number of carboxylic acid groups (broad SMARTS) is 1. The number of hydrogen-bond donors (Lipinski definition) is 4. The van der Waals surface area contributed by atoms with Gasteiger partial charge in [0.2, 0.25) is 0 Å². The summed E-state index contributed by atoms with van der Waals surface area (Å²) in [7, 11) is 10.6. The summed E-state index contributed by atoms with van der Waals surface area (Å²) >= 11 is 0. The molecule has 5 rings (SSSR count). The molecule has 0 heterocycles. The molecule has 0 aromatic heterocycles. The molecular weight excluding hydrogens is 739 g/mol. The number of carbonyl (C=O) groups is 4. The van der Waals surface area contributed by atoms with Gasteiger partial charge in [0.25, 0.3) is 0 Å². The summed E-state index contributed by atoms with van der Waals surface area (Å²) in [6, 6.07) is 0. The van der Waals surface area contributed by atoms with Gasteiger partial charge in [0.1, 0.15) is 12.6 Å². The van der Waals surface area contributed by atoms with Crippen LogP contribution in [0.4, 0.5) is 0 Å². The van der Waals surface area contributed by atoms with Crippen LogP contribution in [0.3, 0.4) is 0 Å². The summed E-state index contributed by atoms with van der Waals surface area (Å²) in [5, 5.41) is 18.0. The highest BCUT2D eigenvalue weighted by molar-refractivity contribution is 5.88. The normalized spacial score (nSPS) is 32.4. The molecule has 0 spiro atoms. The lowest BCUT2D eigenvalue weighted by atomic mass is 9.33. The third kappa shape index (κ3) is 12.4. The van der Waals surface area contributed by atoms with Crippen molar-refractivity contribution in [2.24, 2.45) is 61.9 Å². The molecule has 4 saturated carbocycles. The maximum Gasteiger partial charge on any atom is 0.304 e. The number of nitrogens with two attached hydrogens (primary N) is 1. The molecule has 9 heteroatoms. The van der Waals surface area contributed by atoms with Gasteiger partial charge in [-0.25, -0.2) is 0 Å². The smallest absolute Gasteiger partial charge is 0.304 e. The van der Waals surface area contributed by atoms with Crippen molar-refractivity contribution in [3.63, 3.8) is 0 Å². The summed E-state index contributed by atoms with van der Waals surface area (Å²) in [4.78, 5) is 44.1. The van der Waals surface area contributed by atoms with Crippen LogP contribution in [0, 0.1) is 56.2 Å². The third-order valence-electron chi connectivity index (χ3n) is 15.4. The van der Waals surface area contributed by atoms with Crippen LogP contribution in [-0.4, -0.2) is 81.8 Å². The van der Waals surface area contributed by atoms with E-state index in [2.05, 4.69) is 78.5 Å². The molecule has 8 atom stereocenters. The summed E-state index contributed by atoms with van der Waals surface area (Å²) in [5.74, 6) is 2.27. The minimum atomic E-state index is -0.938. The van der Waals surface area contributed by atoms with E-state index in [-0.39, 0.29) is 17.6 Å². The van der Waals surface area contributed by atoms with Gasteiger partial charge in [-0.1, -0.05) is 101 Å². The Kier molecular flexibility index (Phi) is 25.4. The summed E-state index contributed by atoms with van der Waals surface area (Å²) in [6.45, 7) is 29.0. The minimum Gasteiger partial charge on any atom is -0.481 e. The molecule has 0 bridgehead atoms. The molecule has 0 saturated heterocycles. The first kappa shape index (κ1) is 58.7. The molecule has 346 valence electrons. The Hall–Kier alpha value is -2.36. The fraction of sp³-hybridized carbons (Fsp3) is 0.840. The molecule has 5 N–H and O–H groups in total. The van der Waals surface area contributed by atoms with Gasteiger partial charge in [0.15, 0.2) is 5.78 Å². The molecule has 0 aromatic carbocycles. The van der Waals surface area contributed by atoms with E-state index >= 15 is 0 Å². The standard InChI is InChI=1S/C35H57NO.C6H10O3.C3H6O.C2H7N.C2H6.CH5N.CH4O/c1-11-25-14-16-33(7)28-13-12-27-30-26(23(2)3)15-17-35(30,29(36(9)10)22-24(4)37)21-20-32(27,6)34(28,8)19-18-31(25,33)5;1-6(2,4-7)3-5(8)9;1-2-3-4;1-3-2;3*1-2/h22-23,25,27-28H,11-21H2,1-10H3;4H,3H2,1-2H3,(H,8,9);3H,2H2,1H3;3H,1-2H3;1-2H3;2H2,1H3;2H,1H3/b29-22-;;;;;;/t25?,27?,28?,31?,32-,33?,34?,35?;;;;;;/m1....../s1. The van der Waals surface area contributed by atoms with Crippen LogP contribution in [0.5, 0.6) is 0 Å². The number of nitrogens with zero attached hydrogens (tertiary/aromatic N) is 1. The highest BCUT2D eigenvalue weighted by Gasteiger charge is 2.71. The van der Waals surface area contributed by atoms with Crippen LogP contribution in [0.1, 0.15) is 173 Å². The lowest BCUT2D eigenvalue weighted by Gasteiger charge is -2.71. The third-order valence-corrected chi connectivity index (χ3v) is 15.4. The van der Waals surface area contributed by atoms with Crippen molar-refractivity contribution < 1.29 is 29.4 Å². The van der Waals surface area contributed by atoms with Gasteiger partial charge in [-0.05, 0) is 138 Å². The number of aliphatic hydroxyl groups excluding tert-OH is 1. The van der Waals surface area contributed by atoms with Gasteiger partial charge >= 0.3 is 5.97 Å². The van der Waals surface area contributed by atoms with E-state index < -0.39 is 11.4 Å². The average molecular weight is 834 g/mol. The van der Waals surface area contributed by atoms with Gasteiger partial charge in [0, 0.05) is 50.2 Å². The zero-order valence-corrected chi connectivity index (χ0v) is 41.8. The largest absolute Gasteiger partial charge is 0.481 e. The predicted molar refractivity (Wildman–Crippen MR) is 249 cm³/mol. The van der Waals surface area contributed by atoms with Gasteiger partial charge in [-0.3, -0.25) is 9.59 Å². The maximum atomic E-state index is 12.5. The Morgan fingerprint density at radius 2 is 1.34 bits per heavy atom.